The van der Waals surface area contributed by atoms with Gasteiger partial charge in [-0.25, -0.2) is 4.99 Å². The van der Waals surface area contributed by atoms with Crippen LogP contribution in [0, 0.1) is 0 Å². The van der Waals surface area contributed by atoms with E-state index in [2.05, 4.69) is 17.1 Å². The molecule has 3 heteroatoms. The first-order valence-electron chi connectivity index (χ1n) is 4.33. The van der Waals surface area contributed by atoms with Gasteiger partial charge in [0.05, 0.1) is 5.69 Å². The number of fused-ring (bicyclic) bond motifs is 1. The Balaban J connectivity index is 0.000000980. The minimum atomic E-state index is 0. The van der Waals surface area contributed by atoms with Crippen LogP contribution >= 0.6 is 12.4 Å². The maximum atomic E-state index is 4.50. The van der Waals surface area contributed by atoms with Gasteiger partial charge in [0.2, 0.25) is 0 Å². The summed E-state index contributed by atoms with van der Waals surface area (Å²) in [4.78, 5) is 6.51. The van der Waals surface area contributed by atoms with E-state index in [-0.39, 0.29) is 12.4 Å². The fourth-order valence-corrected chi connectivity index (χ4v) is 1.28. The summed E-state index contributed by atoms with van der Waals surface area (Å²) in [7, 11) is 2.00. The summed E-state index contributed by atoms with van der Waals surface area (Å²) in [6.07, 6.45) is 4.11. The highest BCUT2D eigenvalue weighted by atomic mass is 35.5. The smallest absolute Gasteiger partial charge is 0.105 e. The molecule has 0 atom stereocenters. The van der Waals surface area contributed by atoms with Crippen LogP contribution in [-0.4, -0.2) is 17.8 Å². The van der Waals surface area contributed by atoms with E-state index in [1.165, 1.54) is 5.56 Å². The Morgan fingerprint density at radius 2 is 1.93 bits per heavy atom. The van der Waals surface area contributed by atoms with E-state index in [0.717, 1.165) is 11.5 Å². The molecule has 0 aliphatic carbocycles. The highest BCUT2D eigenvalue weighted by Gasteiger charge is 2.04. The van der Waals surface area contributed by atoms with E-state index >= 15 is 0 Å². The zero-order valence-electron chi connectivity index (χ0n) is 8.27. The third-order valence-electron chi connectivity index (χ3n) is 2.21. The van der Waals surface area contributed by atoms with E-state index in [0.29, 0.717) is 0 Å². The molecule has 0 bridgehead atoms. The van der Waals surface area contributed by atoms with Crippen LogP contribution in [0.4, 0.5) is 5.69 Å². The van der Waals surface area contributed by atoms with Crippen LogP contribution in [0.15, 0.2) is 35.5 Å². The van der Waals surface area contributed by atoms with E-state index < -0.39 is 0 Å². The molecule has 1 aliphatic heterocycles. The Bertz CT molecular complexity index is 383. The van der Waals surface area contributed by atoms with Crippen molar-refractivity contribution in [2.45, 2.75) is 6.92 Å². The summed E-state index contributed by atoms with van der Waals surface area (Å²) in [6.45, 7) is 2.01. The second-order valence-electron chi connectivity index (χ2n) is 3.14. The van der Waals surface area contributed by atoms with Crippen LogP contribution < -0.4 is 0 Å². The molecule has 1 aromatic carbocycles. The van der Waals surface area contributed by atoms with Crippen LogP contribution in [0.2, 0.25) is 0 Å². The lowest BCUT2D eigenvalue weighted by Crippen LogP contribution is -2.15. The zero-order chi connectivity index (χ0) is 9.26. The van der Waals surface area contributed by atoms with Gasteiger partial charge in [0.25, 0.3) is 0 Å². The second-order valence-corrected chi connectivity index (χ2v) is 3.14. The molecule has 0 saturated carbocycles. The molecule has 0 radical (unpaired) electrons. The van der Waals surface area contributed by atoms with Gasteiger partial charge in [-0.15, -0.1) is 12.4 Å². The molecule has 0 amide bonds. The van der Waals surface area contributed by atoms with Crippen LogP contribution in [0.5, 0.6) is 0 Å². The van der Waals surface area contributed by atoms with Gasteiger partial charge in [-0.1, -0.05) is 18.2 Å². The predicted molar refractivity (Wildman–Crippen MR) is 63.3 cm³/mol. The van der Waals surface area contributed by atoms with Crippen molar-refractivity contribution < 1.29 is 0 Å². The van der Waals surface area contributed by atoms with Crippen molar-refractivity contribution in [2.75, 3.05) is 7.05 Å². The lowest BCUT2D eigenvalue weighted by atomic mass is 10.2. The van der Waals surface area contributed by atoms with Gasteiger partial charge < -0.3 is 4.90 Å². The van der Waals surface area contributed by atoms with E-state index in [4.69, 9.17) is 0 Å². The highest BCUT2D eigenvalue weighted by molar-refractivity contribution is 5.87. The van der Waals surface area contributed by atoms with Crippen LogP contribution in [0.1, 0.15) is 12.5 Å². The van der Waals surface area contributed by atoms with E-state index in [9.17, 15) is 0 Å². The summed E-state index contributed by atoms with van der Waals surface area (Å²) < 4.78 is 0. The van der Waals surface area contributed by atoms with Gasteiger partial charge in [-0.2, -0.15) is 0 Å². The molecular weight excluding hydrogens is 196 g/mol. The molecule has 1 heterocycles. The Kier molecular flexibility index (Phi) is 3.31. The van der Waals surface area contributed by atoms with Crippen molar-refractivity contribution in [2.24, 2.45) is 4.99 Å². The van der Waals surface area contributed by atoms with Gasteiger partial charge >= 0.3 is 0 Å². The molecule has 0 N–H and O–H groups in total. The van der Waals surface area contributed by atoms with Crippen molar-refractivity contribution >= 4 is 30.0 Å². The molecule has 1 aliphatic rings. The number of para-hydroxylation sites is 1. The van der Waals surface area contributed by atoms with Crippen LogP contribution in [0.3, 0.4) is 0 Å². The molecule has 0 aromatic heterocycles. The fraction of sp³-hybridized carbons (Fsp3) is 0.182. The average molecular weight is 209 g/mol. The van der Waals surface area contributed by atoms with E-state index in [1.807, 2.05) is 43.3 Å². The summed E-state index contributed by atoms with van der Waals surface area (Å²) in [6, 6.07) is 8.14. The molecule has 2 nitrogen and oxygen atoms in total. The van der Waals surface area contributed by atoms with Crippen LogP contribution in [0.25, 0.3) is 6.08 Å². The van der Waals surface area contributed by atoms with Gasteiger partial charge in [0.1, 0.15) is 5.84 Å². The molecule has 2 rings (SSSR count). The highest BCUT2D eigenvalue weighted by Crippen LogP contribution is 2.22. The largest absolute Gasteiger partial charge is 0.340 e. The molecule has 14 heavy (non-hydrogen) atoms. The number of halogens is 1. The van der Waals surface area contributed by atoms with Crippen molar-refractivity contribution in [3.63, 3.8) is 0 Å². The molecule has 74 valence electrons. The fourth-order valence-electron chi connectivity index (χ4n) is 1.28. The first-order chi connectivity index (χ1) is 6.27. The Hall–Kier alpha value is -1.28. The minimum Gasteiger partial charge on any atom is -0.340 e. The second kappa shape index (κ2) is 4.29. The van der Waals surface area contributed by atoms with Crippen LogP contribution in [-0.2, 0) is 0 Å². The normalized spacial score (nSPS) is 13.9. The topological polar surface area (TPSA) is 15.6 Å². The lowest BCUT2D eigenvalue weighted by molar-refractivity contribution is 0.689. The minimum absolute atomic E-state index is 0. The Morgan fingerprint density at radius 3 is 2.71 bits per heavy atom. The molecular formula is C11H13ClN2. The number of nitrogens with zero attached hydrogens (tertiary/aromatic N) is 2. The first kappa shape index (κ1) is 10.8. The molecule has 0 fully saturated rings. The monoisotopic (exact) mass is 208 g/mol. The Labute approximate surface area is 90.4 Å². The third kappa shape index (κ3) is 1.96. The third-order valence-corrected chi connectivity index (χ3v) is 2.21. The number of hydrogen-bond donors (Lipinski definition) is 0. The molecule has 0 unspecified atom stereocenters. The Morgan fingerprint density at radius 1 is 1.21 bits per heavy atom. The van der Waals surface area contributed by atoms with E-state index in [1.54, 1.807) is 0 Å². The summed E-state index contributed by atoms with van der Waals surface area (Å²) >= 11 is 0. The molecule has 1 aromatic rings. The van der Waals surface area contributed by atoms with Gasteiger partial charge in [-0.3, -0.25) is 0 Å². The number of benzene rings is 1. The molecule has 0 spiro atoms. The standard InChI is InChI=1S/C11H12N2.ClH/c1-9-12-11-6-4-3-5-10(11)7-8-13(9)2;/h3-8H,1-2H3;1H. The van der Waals surface area contributed by atoms with Crippen molar-refractivity contribution in [3.8, 4) is 0 Å². The summed E-state index contributed by atoms with van der Waals surface area (Å²) in [5, 5.41) is 0. The van der Waals surface area contributed by atoms with Gasteiger partial charge in [-0.05, 0) is 19.1 Å². The quantitative estimate of drug-likeness (QED) is 0.640. The number of aliphatic imine (C=N–C) groups is 1. The maximum absolute atomic E-state index is 4.50. The summed E-state index contributed by atoms with van der Waals surface area (Å²) in [5.74, 6) is 1.02. The number of hydrogen-bond acceptors (Lipinski definition) is 2. The maximum Gasteiger partial charge on any atom is 0.105 e. The average Bonchev–Trinajstić information content (AvgIpc) is 2.28. The SMILES string of the molecule is CC1=Nc2ccccc2C=CN1C.Cl. The predicted octanol–water partition coefficient (Wildman–Crippen LogP) is 3.07. The van der Waals surface area contributed by atoms with Crippen molar-refractivity contribution in [3.05, 3.63) is 36.0 Å². The summed E-state index contributed by atoms with van der Waals surface area (Å²) in [5.41, 5.74) is 2.21. The lowest BCUT2D eigenvalue weighted by Gasteiger charge is -2.10. The molecule has 0 saturated heterocycles. The van der Waals surface area contributed by atoms with Gasteiger partial charge in [0, 0.05) is 18.8 Å². The van der Waals surface area contributed by atoms with Crippen molar-refractivity contribution in [1.82, 2.24) is 4.90 Å². The van der Waals surface area contributed by atoms with Gasteiger partial charge in [0.15, 0.2) is 0 Å². The number of rotatable bonds is 0. The number of amidine groups is 1. The first-order valence-corrected chi connectivity index (χ1v) is 4.33. The zero-order valence-corrected chi connectivity index (χ0v) is 9.08. The van der Waals surface area contributed by atoms with Crippen molar-refractivity contribution in [1.29, 1.82) is 0 Å².